The van der Waals surface area contributed by atoms with Crippen molar-refractivity contribution in [3.63, 3.8) is 0 Å². The highest BCUT2D eigenvalue weighted by Crippen LogP contribution is 2.39. The van der Waals surface area contributed by atoms with Crippen LogP contribution in [0.3, 0.4) is 0 Å². The van der Waals surface area contributed by atoms with Crippen LogP contribution in [0.5, 0.6) is 0 Å². The predicted octanol–water partition coefficient (Wildman–Crippen LogP) is 1.46. The van der Waals surface area contributed by atoms with E-state index in [1.807, 2.05) is 18.2 Å². The minimum atomic E-state index is -0.00763. The number of nitrogens with one attached hydrogen (secondary N) is 2. The van der Waals surface area contributed by atoms with Crippen LogP contribution < -0.4 is 5.32 Å². The number of ether oxygens (including phenoxy) is 1. The molecule has 2 saturated heterocycles. The van der Waals surface area contributed by atoms with E-state index in [9.17, 15) is 4.79 Å². The number of anilines is 1. The van der Waals surface area contributed by atoms with E-state index in [1.165, 1.54) is 0 Å². The highest BCUT2D eigenvalue weighted by Gasteiger charge is 2.44. The van der Waals surface area contributed by atoms with E-state index in [2.05, 4.69) is 20.7 Å². The summed E-state index contributed by atoms with van der Waals surface area (Å²) in [6.07, 6.45) is 3.35. The van der Waals surface area contributed by atoms with Gasteiger partial charge in [-0.2, -0.15) is 15.4 Å². The Hall–Kier alpha value is -1.95. The molecule has 2 aliphatic rings. The second-order valence-corrected chi connectivity index (χ2v) is 5.23. The Kier molecular flexibility index (Phi) is 2.32. The van der Waals surface area contributed by atoms with Gasteiger partial charge in [0.2, 0.25) is 5.91 Å². The number of carbonyl (C=O) groups is 1. The van der Waals surface area contributed by atoms with Crippen LogP contribution >= 0.6 is 0 Å². The summed E-state index contributed by atoms with van der Waals surface area (Å²) >= 11 is 0. The lowest BCUT2D eigenvalue weighted by atomic mass is 9.88. The first-order valence-electron chi connectivity index (χ1n) is 6.56. The number of nitrogens with zero attached hydrogens (tertiary/aromatic N) is 2. The molecule has 4 rings (SSSR count). The van der Waals surface area contributed by atoms with E-state index in [0.29, 0.717) is 6.10 Å². The van der Waals surface area contributed by atoms with Crippen molar-refractivity contribution in [2.75, 3.05) is 5.32 Å². The molecule has 2 fully saturated rings. The van der Waals surface area contributed by atoms with Crippen molar-refractivity contribution < 1.29 is 9.53 Å². The first-order valence-corrected chi connectivity index (χ1v) is 6.56. The molecule has 0 radical (unpaired) electrons. The molecule has 0 spiro atoms. The van der Waals surface area contributed by atoms with Crippen molar-refractivity contribution in [1.82, 2.24) is 15.4 Å². The molecule has 19 heavy (non-hydrogen) atoms. The van der Waals surface area contributed by atoms with Gasteiger partial charge in [-0.15, -0.1) is 0 Å². The van der Waals surface area contributed by atoms with E-state index < -0.39 is 0 Å². The van der Waals surface area contributed by atoms with Gasteiger partial charge in [0.1, 0.15) is 11.0 Å². The quantitative estimate of drug-likeness (QED) is 0.854. The zero-order chi connectivity index (χ0) is 12.8. The molecule has 3 atom stereocenters. The second kappa shape index (κ2) is 4.03. The summed E-state index contributed by atoms with van der Waals surface area (Å²) in [5, 5.41) is 13.5. The minimum absolute atomic E-state index is 0.00763. The SMILES string of the molecule is O=C(Nc1ccc2n[nH]nc2c1)[C@@H]1C[C@H]2CC[C@H]1O2. The second-order valence-electron chi connectivity index (χ2n) is 5.23. The number of benzene rings is 1. The topological polar surface area (TPSA) is 79.9 Å². The van der Waals surface area contributed by atoms with Crippen molar-refractivity contribution in [1.29, 1.82) is 0 Å². The summed E-state index contributed by atoms with van der Waals surface area (Å²) < 4.78 is 5.71. The summed E-state index contributed by atoms with van der Waals surface area (Å²) in [7, 11) is 0. The van der Waals surface area contributed by atoms with Crippen molar-refractivity contribution in [3.8, 4) is 0 Å². The Balaban J connectivity index is 1.52. The number of hydrogen-bond acceptors (Lipinski definition) is 4. The average Bonchev–Trinajstić information content (AvgIpc) is 3.13. The zero-order valence-electron chi connectivity index (χ0n) is 10.3. The highest BCUT2D eigenvalue weighted by molar-refractivity contribution is 5.95. The fourth-order valence-corrected chi connectivity index (χ4v) is 3.07. The number of rotatable bonds is 2. The van der Waals surface area contributed by atoms with E-state index in [0.717, 1.165) is 36.0 Å². The Morgan fingerprint density at radius 3 is 3.00 bits per heavy atom. The lowest BCUT2D eigenvalue weighted by Gasteiger charge is -2.17. The first kappa shape index (κ1) is 10.9. The number of fused-ring (bicyclic) bond motifs is 3. The van der Waals surface area contributed by atoms with Crippen molar-refractivity contribution in [2.24, 2.45) is 5.92 Å². The average molecular weight is 258 g/mol. The number of aromatic amines is 1. The standard InChI is InChI=1S/C13H14N4O2/c18-13(9-6-8-2-4-12(9)19-8)14-7-1-3-10-11(5-7)16-17-15-10/h1,3,5,8-9,12H,2,4,6H2,(H,14,18)(H,15,16,17)/t8-,9-,12-/m1/s1. The molecule has 0 saturated carbocycles. The highest BCUT2D eigenvalue weighted by atomic mass is 16.5. The van der Waals surface area contributed by atoms with Crippen molar-refractivity contribution in [2.45, 2.75) is 31.5 Å². The molecular formula is C13H14N4O2. The normalized spacial score (nSPS) is 28.9. The number of carbonyl (C=O) groups excluding carboxylic acids is 1. The zero-order valence-corrected chi connectivity index (χ0v) is 10.3. The predicted molar refractivity (Wildman–Crippen MR) is 68.5 cm³/mol. The maximum atomic E-state index is 12.2. The molecular weight excluding hydrogens is 244 g/mol. The van der Waals surface area contributed by atoms with Gasteiger partial charge in [0, 0.05) is 5.69 Å². The molecule has 2 aliphatic heterocycles. The van der Waals surface area contributed by atoms with Gasteiger partial charge < -0.3 is 10.1 Å². The Bertz CT molecular complexity index is 638. The monoisotopic (exact) mass is 258 g/mol. The van der Waals surface area contributed by atoms with Crippen LogP contribution in [0, 0.1) is 5.92 Å². The number of amides is 1. The summed E-state index contributed by atoms with van der Waals surface area (Å²) in [6.45, 7) is 0. The fraction of sp³-hybridized carbons (Fsp3) is 0.462. The Morgan fingerprint density at radius 1 is 1.32 bits per heavy atom. The Labute approximate surface area is 109 Å². The van der Waals surface area contributed by atoms with Crippen LogP contribution in [0.2, 0.25) is 0 Å². The number of aromatic nitrogens is 3. The Morgan fingerprint density at radius 2 is 2.21 bits per heavy atom. The molecule has 98 valence electrons. The van der Waals surface area contributed by atoms with Gasteiger partial charge in [-0.1, -0.05) is 0 Å². The summed E-state index contributed by atoms with van der Waals surface area (Å²) in [6, 6.07) is 5.51. The van der Waals surface area contributed by atoms with E-state index in [4.69, 9.17) is 4.74 Å². The lowest BCUT2D eigenvalue weighted by molar-refractivity contribution is -0.121. The van der Waals surface area contributed by atoms with Crippen molar-refractivity contribution >= 4 is 22.6 Å². The fourth-order valence-electron chi connectivity index (χ4n) is 3.07. The van der Waals surface area contributed by atoms with Crippen LogP contribution in [0.15, 0.2) is 18.2 Å². The molecule has 1 aromatic carbocycles. The molecule has 1 amide bonds. The van der Waals surface area contributed by atoms with Gasteiger partial charge in [0.15, 0.2) is 0 Å². The van der Waals surface area contributed by atoms with Gasteiger partial charge in [0.25, 0.3) is 0 Å². The molecule has 1 aromatic heterocycles. The van der Waals surface area contributed by atoms with Crippen LogP contribution in [0.1, 0.15) is 19.3 Å². The van der Waals surface area contributed by atoms with E-state index >= 15 is 0 Å². The smallest absolute Gasteiger partial charge is 0.230 e. The lowest BCUT2D eigenvalue weighted by Crippen LogP contribution is -2.30. The molecule has 6 heteroatoms. The van der Waals surface area contributed by atoms with Crippen LogP contribution in [0.4, 0.5) is 5.69 Å². The molecule has 2 bridgehead atoms. The summed E-state index contributed by atoms with van der Waals surface area (Å²) in [5.41, 5.74) is 2.30. The third kappa shape index (κ3) is 1.79. The molecule has 3 heterocycles. The molecule has 0 unspecified atom stereocenters. The molecule has 2 N–H and O–H groups in total. The van der Waals surface area contributed by atoms with Gasteiger partial charge in [-0.25, -0.2) is 0 Å². The maximum Gasteiger partial charge on any atom is 0.230 e. The first-order chi connectivity index (χ1) is 9.29. The molecule has 2 aromatic rings. The van der Waals surface area contributed by atoms with E-state index in [1.54, 1.807) is 0 Å². The van der Waals surface area contributed by atoms with Crippen LogP contribution in [-0.2, 0) is 9.53 Å². The minimum Gasteiger partial charge on any atom is -0.374 e. The third-order valence-corrected chi connectivity index (χ3v) is 4.03. The molecule has 6 nitrogen and oxygen atoms in total. The third-order valence-electron chi connectivity index (χ3n) is 4.03. The summed E-state index contributed by atoms with van der Waals surface area (Å²) in [5.74, 6) is 0.0433. The van der Waals surface area contributed by atoms with Gasteiger partial charge in [-0.05, 0) is 37.5 Å². The van der Waals surface area contributed by atoms with Crippen molar-refractivity contribution in [3.05, 3.63) is 18.2 Å². The van der Waals surface area contributed by atoms with Gasteiger partial charge in [-0.3, -0.25) is 4.79 Å². The number of H-pyrrole nitrogens is 1. The van der Waals surface area contributed by atoms with Gasteiger partial charge in [0.05, 0.1) is 18.1 Å². The van der Waals surface area contributed by atoms with E-state index in [-0.39, 0.29) is 17.9 Å². The van der Waals surface area contributed by atoms with Crippen LogP contribution in [-0.4, -0.2) is 33.5 Å². The van der Waals surface area contributed by atoms with Gasteiger partial charge >= 0.3 is 0 Å². The number of hydrogen-bond donors (Lipinski definition) is 2. The maximum absolute atomic E-state index is 12.2. The van der Waals surface area contributed by atoms with Crippen LogP contribution in [0.25, 0.3) is 11.0 Å². The molecule has 0 aliphatic carbocycles. The largest absolute Gasteiger partial charge is 0.374 e. The summed E-state index contributed by atoms with van der Waals surface area (Å²) in [4.78, 5) is 12.2.